The molecule has 1 rings (SSSR count). The molecule has 0 unspecified atom stereocenters. The lowest BCUT2D eigenvalue weighted by Gasteiger charge is -2.08. The van der Waals surface area contributed by atoms with Crippen molar-refractivity contribution < 1.29 is 12.8 Å². The normalized spacial score (nSPS) is 11.4. The van der Waals surface area contributed by atoms with Gasteiger partial charge in [-0.2, -0.15) is 0 Å². The summed E-state index contributed by atoms with van der Waals surface area (Å²) >= 11 is 10.9. The van der Waals surface area contributed by atoms with Crippen molar-refractivity contribution >= 4 is 38.9 Å². The molecule has 0 bridgehead atoms. The number of nitrogens with one attached hydrogen (secondary N) is 1. The van der Waals surface area contributed by atoms with Gasteiger partial charge in [-0.15, -0.1) is 11.6 Å². The highest BCUT2D eigenvalue weighted by Crippen LogP contribution is 2.25. The van der Waals surface area contributed by atoms with Crippen LogP contribution in [0.15, 0.2) is 18.2 Å². The fourth-order valence-electron chi connectivity index (χ4n) is 0.903. The van der Waals surface area contributed by atoms with Crippen molar-refractivity contribution in [3.05, 3.63) is 29.0 Å². The van der Waals surface area contributed by atoms with E-state index in [1.165, 1.54) is 12.1 Å². The quantitative estimate of drug-likeness (QED) is 0.856. The summed E-state index contributed by atoms with van der Waals surface area (Å²) in [6.45, 7) is 0. The molecule has 1 N–H and O–H groups in total. The number of alkyl halides is 1. The Kier molecular flexibility index (Phi) is 4.19. The largest absolute Gasteiger partial charge is 0.279 e. The van der Waals surface area contributed by atoms with E-state index in [-0.39, 0.29) is 22.3 Å². The van der Waals surface area contributed by atoms with Crippen LogP contribution in [0.1, 0.15) is 0 Å². The molecule has 0 aliphatic heterocycles. The first-order valence-electron chi connectivity index (χ1n) is 3.97. The van der Waals surface area contributed by atoms with E-state index in [0.29, 0.717) is 0 Å². The van der Waals surface area contributed by atoms with Crippen LogP contribution in [-0.2, 0) is 10.0 Å². The van der Waals surface area contributed by atoms with E-state index >= 15 is 0 Å². The molecule has 0 fully saturated rings. The summed E-state index contributed by atoms with van der Waals surface area (Å²) in [5.74, 6) is -1.08. The van der Waals surface area contributed by atoms with Crippen LogP contribution >= 0.6 is 23.2 Å². The summed E-state index contributed by atoms with van der Waals surface area (Å²) in [6.07, 6.45) is 0. The number of hydrogen-bond acceptors (Lipinski definition) is 2. The molecule has 1 aromatic carbocycles. The number of para-hydroxylation sites is 1. The minimum Gasteiger partial charge on any atom is -0.279 e. The molecule has 0 spiro atoms. The third-order valence-corrected chi connectivity index (χ3v) is 3.55. The van der Waals surface area contributed by atoms with Gasteiger partial charge in [0.15, 0.2) is 0 Å². The molecule has 0 radical (unpaired) electrons. The average molecular weight is 272 g/mol. The van der Waals surface area contributed by atoms with E-state index in [4.69, 9.17) is 23.2 Å². The standard InChI is InChI=1S/C8H8Cl2FNO2S/c9-4-5-15(13,14)12-8-6(10)2-1-3-7(8)11/h1-3,12H,4-5H2. The maximum absolute atomic E-state index is 13.2. The van der Waals surface area contributed by atoms with Crippen LogP contribution in [0.25, 0.3) is 0 Å². The maximum Gasteiger partial charge on any atom is 0.234 e. The molecule has 0 aliphatic carbocycles. The predicted octanol–water partition coefficient (Wildman–Crippen LogP) is 2.46. The lowest BCUT2D eigenvalue weighted by Crippen LogP contribution is -2.18. The zero-order valence-electron chi connectivity index (χ0n) is 7.50. The topological polar surface area (TPSA) is 46.2 Å². The van der Waals surface area contributed by atoms with Crippen molar-refractivity contribution in [2.45, 2.75) is 0 Å². The van der Waals surface area contributed by atoms with Gasteiger partial charge in [-0.1, -0.05) is 17.7 Å². The Morgan fingerprint density at radius 2 is 2.07 bits per heavy atom. The predicted molar refractivity (Wildman–Crippen MR) is 59.5 cm³/mol. The first-order valence-corrected chi connectivity index (χ1v) is 6.53. The van der Waals surface area contributed by atoms with E-state index in [0.717, 1.165) is 6.07 Å². The Balaban J connectivity index is 2.99. The lowest BCUT2D eigenvalue weighted by atomic mass is 10.3. The second-order valence-electron chi connectivity index (χ2n) is 2.71. The summed E-state index contributed by atoms with van der Waals surface area (Å²) < 4.78 is 37.8. The Morgan fingerprint density at radius 1 is 1.40 bits per heavy atom. The first kappa shape index (κ1) is 12.5. The number of hydrogen-bond donors (Lipinski definition) is 1. The summed E-state index contributed by atoms with van der Waals surface area (Å²) in [6, 6.07) is 3.89. The Labute approximate surface area is 97.2 Å². The van der Waals surface area contributed by atoms with Gasteiger partial charge in [0, 0.05) is 5.88 Å². The van der Waals surface area contributed by atoms with Gasteiger partial charge in [0.05, 0.1) is 10.8 Å². The molecule has 1 aromatic rings. The van der Waals surface area contributed by atoms with Crippen LogP contribution in [0.3, 0.4) is 0 Å². The van der Waals surface area contributed by atoms with Crippen molar-refractivity contribution in [1.82, 2.24) is 0 Å². The summed E-state index contributed by atoms with van der Waals surface area (Å²) in [7, 11) is -3.64. The molecular weight excluding hydrogens is 264 g/mol. The van der Waals surface area contributed by atoms with E-state index in [1.54, 1.807) is 0 Å². The molecule has 0 saturated heterocycles. The summed E-state index contributed by atoms with van der Waals surface area (Å²) in [5, 5.41) is 0.00754. The molecule has 0 aromatic heterocycles. The van der Waals surface area contributed by atoms with Crippen molar-refractivity contribution in [2.75, 3.05) is 16.4 Å². The van der Waals surface area contributed by atoms with Crippen LogP contribution in [0.4, 0.5) is 10.1 Å². The number of sulfonamides is 1. The minimum atomic E-state index is -3.64. The van der Waals surface area contributed by atoms with Crippen LogP contribution in [0.5, 0.6) is 0 Å². The first-order chi connectivity index (χ1) is 6.96. The molecular formula is C8H8Cl2FNO2S. The second-order valence-corrected chi connectivity index (χ2v) is 5.33. The van der Waals surface area contributed by atoms with Crippen LogP contribution in [0, 0.1) is 5.82 Å². The fourth-order valence-corrected chi connectivity index (χ4v) is 2.60. The molecule has 0 heterocycles. The molecule has 7 heteroatoms. The van der Waals surface area contributed by atoms with Crippen molar-refractivity contribution in [1.29, 1.82) is 0 Å². The van der Waals surface area contributed by atoms with Gasteiger partial charge in [0.2, 0.25) is 10.0 Å². The fraction of sp³-hybridized carbons (Fsp3) is 0.250. The van der Waals surface area contributed by atoms with Crippen LogP contribution in [0.2, 0.25) is 5.02 Å². The third-order valence-electron chi connectivity index (χ3n) is 1.57. The van der Waals surface area contributed by atoms with Crippen LogP contribution < -0.4 is 4.72 Å². The molecule has 0 atom stereocenters. The van der Waals surface area contributed by atoms with Gasteiger partial charge in [0.25, 0.3) is 0 Å². The SMILES string of the molecule is O=S(=O)(CCCl)Nc1c(F)cccc1Cl. The molecule has 0 amide bonds. The Morgan fingerprint density at radius 3 is 2.60 bits per heavy atom. The van der Waals surface area contributed by atoms with Gasteiger partial charge in [-0.05, 0) is 12.1 Å². The zero-order valence-corrected chi connectivity index (χ0v) is 9.83. The molecule has 15 heavy (non-hydrogen) atoms. The molecule has 3 nitrogen and oxygen atoms in total. The van der Waals surface area contributed by atoms with Crippen molar-refractivity contribution in [3.8, 4) is 0 Å². The number of rotatable bonds is 4. The molecule has 0 saturated carbocycles. The van der Waals surface area contributed by atoms with Gasteiger partial charge >= 0.3 is 0 Å². The highest BCUT2D eigenvalue weighted by Gasteiger charge is 2.14. The van der Waals surface area contributed by atoms with Gasteiger partial charge in [0.1, 0.15) is 11.5 Å². The van der Waals surface area contributed by atoms with Crippen molar-refractivity contribution in [2.24, 2.45) is 0 Å². The van der Waals surface area contributed by atoms with Crippen LogP contribution in [-0.4, -0.2) is 20.1 Å². The number of benzene rings is 1. The lowest BCUT2D eigenvalue weighted by molar-refractivity contribution is 0.600. The zero-order chi connectivity index (χ0) is 11.5. The Hall–Kier alpha value is -0.520. The monoisotopic (exact) mass is 271 g/mol. The van der Waals surface area contributed by atoms with Gasteiger partial charge in [-0.25, -0.2) is 12.8 Å². The average Bonchev–Trinajstić information content (AvgIpc) is 2.11. The number of anilines is 1. The molecule has 0 aliphatic rings. The van der Waals surface area contributed by atoms with Gasteiger partial charge in [-0.3, -0.25) is 4.72 Å². The van der Waals surface area contributed by atoms with E-state index < -0.39 is 15.8 Å². The molecule has 84 valence electrons. The van der Waals surface area contributed by atoms with Gasteiger partial charge < -0.3 is 0 Å². The highest BCUT2D eigenvalue weighted by atomic mass is 35.5. The van der Waals surface area contributed by atoms with E-state index in [9.17, 15) is 12.8 Å². The second kappa shape index (κ2) is 5.01. The van der Waals surface area contributed by atoms with Crippen molar-refractivity contribution in [3.63, 3.8) is 0 Å². The smallest absolute Gasteiger partial charge is 0.234 e. The highest BCUT2D eigenvalue weighted by molar-refractivity contribution is 7.92. The maximum atomic E-state index is 13.2. The minimum absolute atomic E-state index is 0.00754. The summed E-state index contributed by atoms with van der Waals surface area (Å²) in [4.78, 5) is 0. The third kappa shape index (κ3) is 3.52. The van der Waals surface area contributed by atoms with E-state index in [1.807, 2.05) is 4.72 Å². The van der Waals surface area contributed by atoms with E-state index in [2.05, 4.69) is 0 Å². The Bertz CT molecular complexity index is 430. The summed E-state index contributed by atoms with van der Waals surface area (Å²) in [5.41, 5.74) is -0.246. The number of halogens is 3.